The second-order valence-electron chi connectivity index (χ2n) is 4.19. The summed E-state index contributed by atoms with van der Waals surface area (Å²) in [6.07, 6.45) is 0.847. The molecule has 0 saturated heterocycles. The van der Waals surface area contributed by atoms with Gasteiger partial charge in [-0.25, -0.2) is 4.98 Å². The average Bonchev–Trinajstić information content (AvgIpc) is 2.94. The Hall–Kier alpha value is -1.53. The van der Waals surface area contributed by atoms with Gasteiger partial charge in [-0.05, 0) is 30.3 Å². The summed E-state index contributed by atoms with van der Waals surface area (Å²) in [7, 11) is 1.92. The normalized spacial score (nSPS) is 11.3. The van der Waals surface area contributed by atoms with Gasteiger partial charge in [-0.15, -0.1) is 11.3 Å². The first-order valence-electron chi connectivity index (χ1n) is 6.03. The molecular weight excluding hydrogens is 276 g/mol. The Labute approximate surface area is 119 Å². The zero-order chi connectivity index (χ0) is 13.4. The minimum atomic E-state index is 0.772. The van der Waals surface area contributed by atoms with E-state index in [9.17, 15) is 0 Å². The highest BCUT2D eigenvalue weighted by atomic mass is 32.2. The summed E-state index contributed by atoms with van der Waals surface area (Å²) in [4.78, 5) is 4.61. The third-order valence-corrected chi connectivity index (χ3v) is 5.17. The van der Waals surface area contributed by atoms with Gasteiger partial charge in [0.05, 0.1) is 21.6 Å². The Kier molecular flexibility index (Phi) is 3.20. The van der Waals surface area contributed by atoms with Gasteiger partial charge in [0.15, 0.2) is 4.34 Å². The minimum Gasteiger partial charge on any atom is -0.395 e. The summed E-state index contributed by atoms with van der Waals surface area (Å²) in [6, 6.07) is 8.15. The summed E-state index contributed by atoms with van der Waals surface area (Å²) in [5, 5.41) is 5.39. The smallest absolute Gasteiger partial charge is 0.157 e. The molecule has 0 saturated carbocycles. The molecule has 98 valence electrons. The van der Waals surface area contributed by atoms with Crippen LogP contribution in [0.25, 0.3) is 10.2 Å². The Morgan fingerprint density at radius 3 is 2.84 bits per heavy atom. The van der Waals surface area contributed by atoms with E-state index < -0.39 is 0 Å². The van der Waals surface area contributed by atoms with Crippen LogP contribution in [0.15, 0.2) is 33.6 Å². The van der Waals surface area contributed by atoms with Crippen molar-refractivity contribution in [2.45, 2.75) is 22.7 Å². The maximum atomic E-state index is 6.13. The number of rotatable bonds is 3. The second kappa shape index (κ2) is 4.86. The Morgan fingerprint density at radius 2 is 2.16 bits per heavy atom. The van der Waals surface area contributed by atoms with E-state index >= 15 is 0 Å². The lowest BCUT2D eigenvalue weighted by Crippen LogP contribution is -1.93. The zero-order valence-corrected chi connectivity index (χ0v) is 12.4. The third-order valence-electron chi connectivity index (χ3n) is 2.90. The highest BCUT2D eigenvalue weighted by molar-refractivity contribution is 8.01. The van der Waals surface area contributed by atoms with E-state index in [4.69, 9.17) is 5.73 Å². The van der Waals surface area contributed by atoms with Crippen molar-refractivity contribution >= 4 is 39.0 Å². The molecule has 0 atom stereocenters. The van der Waals surface area contributed by atoms with Gasteiger partial charge in [0.25, 0.3) is 0 Å². The fraction of sp³-hybridized carbons (Fsp3) is 0.231. The average molecular weight is 290 g/mol. The number of fused-ring (bicyclic) bond motifs is 1. The molecule has 0 bridgehead atoms. The summed E-state index contributed by atoms with van der Waals surface area (Å²) < 4.78 is 4.03. The molecule has 0 amide bonds. The van der Waals surface area contributed by atoms with Crippen molar-refractivity contribution in [3.63, 3.8) is 0 Å². The van der Waals surface area contributed by atoms with Gasteiger partial charge in [0.1, 0.15) is 5.03 Å². The van der Waals surface area contributed by atoms with Crippen molar-refractivity contribution in [2.24, 2.45) is 7.05 Å². The largest absolute Gasteiger partial charge is 0.395 e. The van der Waals surface area contributed by atoms with Crippen LogP contribution < -0.4 is 5.73 Å². The van der Waals surface area contributed by atoms with Gasteiger partial charge in [0, 0.05) is 7.05 Å². The fourth-order valence-corrected chi connectivity index (χ4v) is 4.02. The number of aromatic nitrogens is 3. The van der Waals surface area contributed by atoms with Gasteiger partial charge in [-0.3, -0.25) is 4.68 Å². The van der Waals surface area contributed by atoms with E-state index in [0.717, 1.165) is 32.7 Å². The number of benzene rings is 1. The number of para-hydroxylation sites is 1. The molecule has 0 aliphatic carbocycles. The zero-order valence-electron chi connectivity index (χ0n) is 10.8. The molecule has 19 heavy (non-hydrogen) atoms. The molecular formula is C13H14N4S2. The molecule has 3 aromatic rings. The molecule has 0 unspecified atom stereocenters. The number of hydrogen-bond donors (Lipinski definition) is 1. The first-order chi connectivity index (χ1) is 9.19. The third kappa shape index (κ3) is 2.21. The number of hydrogen-bond acceptors (Lipinski definition) is 5. The van der Waals surface area contributed by atoms with Crippen molar-refractivity contribution in [1.82, 2.24) is 14.8 Å². The predicted octanol–water partition coefficient (Wildman–Crippen LogP) is 3.33. The molecule has 0 spiro atoms. The molecule has 2 N–H and O–H groups in total. The molecule has 4 nitrogen and oxygen atoms in total. The predicted molar refractivity (Wildman–Crippen MR) is 80.7 cm³/mol. The quantitative estimate of drug-likeness (QED) is 0.804. The Balaban J connectivity index is 1.98. The molecule has 6 heteroatoms. The molecule has 1 aromatic carbocycles. The number of anilines is 1. The van der Waals surface area contributed by atoms with Crippen LogP contribution in [0, 0.1) is 0 Å². The highest BCUT2D eigenvalue weighted by Crippen LogP contribution is 2.37. The van der Waals surface area contributed by atoms with Gasteiger partial charge in [-0.2, -0.15) is 5.10 Å². The van der Waals surface area contributed by atoms with E-state index in [0.29, 0.717) is 0 Å². The summed E-state index contributed by atoms with van der Waals surface area (Å²) in [5.74, 6) is 0. The number of nitrogens with zero attached hydrogens (tertiary/aromatic N) is 3. The highest BCUT2D eigenvalue weighted by Gasteiger charge is 2.15. The van der Waals surface area contributed by atoms with Crippen molar-refractivity contribution in [3.8, 4) is 0 Å². The van der Waals surface area contributed by atoms with Gasteiger partial charge in [0.2, 0.25) is 0 Å². The molecule has 0 aliphatic rings. The fourth-order valence-electron chi connectivity index (χ4n) is 1.94. The second-order valence-corrected chi connectivity index (χ2v) is 6.46. The summed E-state index contributed by atoms with van der Waals surface area (Å²) in [6.45, 7) is 2.06. The topological polar surface area (TPSA) is 56.7 Å². The molecule has 0 radical (unpaired) electrons. The van der Waals surface area contributed by atoms with Crippen molar-refractivity contribution in [2.75, 3.05) is 5.73 Å². The van der Waals surface area contributed by atoms with Crippen molar-refractivity contribution < 1.29 is 0 Å². The van der Waals surface area contributed by atoms with Crippen molar-refractivity contribution in [3.05, 3.63) is 30.0 Å². The minimum absolute atomic E-state index is 0.772. The van der Waals surface area contributed by atoms with E-state index in [1.165, 1.54) is 4.70 Å². The molecule has 2 heterocycles. The monoisotopic (exact) mass is 290 g/mol. The number of nitrogens with two attached hydrogens (primary N) is 1. The number of nitrogen functional groups attached to an aromatic ring is 1. The van der Waals surface area contributed by atoms with Crippen LogP contribution >= 0.6 is 23.1 Å². The molecule has 0 aliphatic heterocycles. The summed E-state index contributed by atoms with van der Waals surface area (Å²) in [5.41, 5.74) is 8.89. The van der Waals surface area contributed by atoms with Gasteiger partial charge in [-0.1, -0.05) is 19.1 Å². The lowest BCUT2D eigenvalue weighted by Gasteiger charge is -1.99. The standard InChI is InChI=1S/C13H14N4S2/c1-3-8-11(14)12(17(2)16-8)19-13-15-9-6-4-5-7-10(9)18-13/h4-7H,3,14H2,1-2H3. The van der Waals surface area contributed by atoms with E-state index in [1.54, 1.807) is 23.1 Å². The van der Waals surface area contributed by atoms with E-state index in [-0.39, 0.29) is 0 Å². The lowest BCUT2D eigenvalue weighted by atomic mass is 10.3. The first-order valence-corrected chi connectivity index (χ1v) is 7.67. The SMILES string of the molecule is CCc1nn(C)c(Sc2nc3ccccc3s2)c1N. The van der Waals surface area contributed by atoms with Crippen LogP contribution in [-0.2, 0) is 13.5 Å². The van der Waals surface area contributed by atoms with Crippen LogP contribution in [0.3, 0.4) is 0 Å². The van der Waals surface area contributed by atoms with Crippen LogP contribution in [0.1, 0.15) is 12.6 Å². The van der Waals surface area contributed by atoms with Crippen LogP contribution in [0.5, 0.6) is 0 Å². The van der Waals surface area contributed by atoms with Crippen molar-refractivity contribution in [1.29, 1.82) is 0 Å². The molecule has 2 aromatic heterocycles. The first kappa shape index (κ1) is 12.5. The maximum Gasteiger partial charge on any atom is 0.157 e. The Morgan fingerprint density at radius 1 is 1.37 bits per heavy atom. The molecule has 3 rings (SSSR count). The van der Waals surface area contributed by atoms with E-state index in [1.807, 2.05) is 29.9 Å². The van der Waals surface area contributed by atoms with Gasteiger partial charge < -0.3 is 5.73 Å². The molecule has 0 fully saturated rings. The maximum absolute atomic E-state index is 6.13. The summed E-state index contributed by atoms with van der Waals surface area (Å²) >= 11 is 3.27. The van der Waals surface area contributed by atoms with Crippen LogP contribution in [0.2, 0.25) is 0 Å². The Bertz CT molecular complexity index is 696. The van der Waals surface area contributed by atoms with Crippen LogP contribution in [-0.4, -0.2) is 14.8 Å². The van der Waals surface area contributed by atoms with E-state index in [2.05, 4.69) is 23.1 Å². The number of aryl methyl sites for hydroxylation is 2. The van der Waals surface area contributed by atoms with Crippen LogP contribution in [0.4, 0.5) is 5.69 Å². The van der Waals surface area contributed by atoms with Gasteiger partial charge >= 0.3 is 0 Å². The number of thiazole rings is 1. The lowest BCUT2D eigenvalue weighted by molar-refractivity contribution is 0.687.